The summed E-state index contributed by atoms with van der Waals surface area (Å²) in [6, 6.07) is 8.10. The number of hydrogen-bond acceptors (Lipinski definition) is 5. The van der Waals surface area contributed by atoms with E-state index in [1.807, 2.05) is 30.9 Å². The van der Waals surface area contributed by atoms with E-state index in [-0.39, 0.29) is 30.5 Å². The van der Waals surface area contributed by atoms with Crippen LogP contribution in [0.2, 0.25) is 0 Å². The number of nitrogens with zero attached hydrogens (tertiary/aromatic N) is 2. The van der Waals surface area contributed by atoms with Gasteiger partial charge in [-0.1, -0.05) is 24.6 Å². The largest absolute Gasteiger partial charge is 0.491 e. The van der Waals surface area contributed by atoms with Gasteiger partial charge in [-0.05, 0) is 61.7 Å². The van der Waals surface area contributed by atoms with Crippen LogP contribution in [0.25, 0.3) is 0 Å². The Kier molecular flexibility index (Phi) is 7.71. The molecule has 3 heterocycles. The maximum Gasteiger partial charge on any atom is 0.242 e. The van der Waals surface area contributed by atoms with Crippen LogP contribution in [0.5, 0.6) is 5.75 Å². The molecule has 0 saturated carbocycles. The highest BCUT2D eigenvalue weighted by atomic mass is 32.1. The number of ether oxygens (including phenoxy) is 2. The zero-order valence-electron chi connectivity index (χ0n) is 19.8. The number of aryl methyl sites for hydroxylation is 2. The second-order valence-electron chi connectivity index (χ2n) is 8.99. The van der Waals surface area contributed by atoms with Gasteiger partial charge in [0.15, 0.2) is 0 Å². The minimum atomic E-state index is -0.158. The first-order valence-corrected chi connectivity index (χ1v) is 12.8. The average molecular weight is 471 g/mol. The third-order valence-electron chi connectivity index (χ3n) is 6.57. The molecule has 0 aliphatic carbocycles. The average Bonchev–Trinajstić information content (AvgIpc) is 3.49. The maximum atomic E-state index is 13.5. The highest BCUT2D eigenvalue weighted by molar-refractivity contribution is 7.10. The summed E-state index contributed by atoms with van der Waals surface area (Å²) < 4.78 is 12.0. The monoisotopic (exact) mass is 470 g/mol. The van der Waals surface area contributed by atoms with Gasteiger partial charge in [-0.3, -0.25) is 9.59 Å². The number of amides is 2. The van der Waals surface area contributed by atoms with E-state index in [0.29, 0.717) is 26.1 Å². The van der Waals surface area contributed by atoms with E-state index in [9.17, 15) is 9.59 Å². The van der Waals surface area contributed by atoms with Crippen molar-refractivity contribution in [3.8, 4) is 5.75 Å². The van der Waals surface area contributed by atoms with Gasteiger partial charge in [-0.15, -0.1) is 11.3 Å². The highest BCUT2D eigenvalue weighted by Gasteiger charge is 2.34. The lowest BCUT2D eigenvalue weighted by Gasteiger charge is -2.37. The van der Waals surface area contributed by atoms with Crippen molar-refractivity contribution < 1.29 is 19.1 Å². The van der Waals surface area contributed by atoms with Crippen LogP contribution in [-0.2, 0) is 20.7 Å². The molecule has 0 radical (unpaired) electrons. The van der Waals surface area contributed by atoms with Crippen LogP contribution in [-0.4, -0.2) is 60.6 Å². The minimum absolute atomic E-state index is 0.00448. The quantitative estimate of drug-likeness (QED) is 0.578. The van der Waals surface area contributed by atoms with E-state index in [1.165, 1.54) is 10.4 Å². The minimum Gasteiger partial charge on any atom is -0.491 e. The smallest absolute Gasteiger partial charge is 0.242 e. The standard InChI is InChI=1S/C26H34N2O4S/c1-4-25(29)27(15-20-6-5-12-31-20)16-26(30)28-11-9-24-21(10-13-33-24)22(28)17-32-23-8-7-18(2)14-19(23)3/h7-8,10,13-14,20,22H,4-6,9,11-12,15-17H2,1-3H3/t20-,22+/m1/s1. The fourth-order valence-corrected chi connectivity index (χ4v) is 5.70. The Hall–Kier alpha value is -2.38. The Labute approximate surface area is 200 Å². The predicted molar refractivity (Wildman–Crippen MR) is 130 cm³/mol. The van der Waals surface area contributed by atoms with Crippen LogP contribution in [0.1, 0.15) is 53.8 Å². The van der Waals surface area contributed by atoms with Crippen molar-refractivity contribution in [2.45, 2.75) is 58.6 Å². The molecule has 2 aromatic rings. The number of rotatable bonds is 8. The summed E-state index contributed by atoms with van der Waals surface area (Å²) >= 11 is 1.74. The van der Waals surface area contributed by atoms with Crippen molar-refractivity contribution in [1.82, 2.24) is 9.80 Å². The predicted octanol–water partition coefficient (Wildman–Crippen LogP) is 4.29. The second-order valence-corrected chi connectivity index (χ2v) is 10.00. The van der Waals surface area contributed by atoms with Crippen molar-refractivity contribution in [3.05, 3.63) is 51.2 Å². The van der Waals surface area contributed by atoms with Crippen molar-refractivity contribution in [3.63, 3.8) is 0 Å². The van der Waals surface area contributed by atoms with Gasteiger partial charge in [-0.25, -0.2) is 0 Å². The Morgan fingerprint density at radius 1 is 1.27 bits per heavy atom. The lowest BCUT2D eigenvalue weighted by molar-refractivity contribution is -0.143. The van der Waals surface area contributed by atoms with Crippen molar-refractivity contribution >= 4 is 23.2 Å². The molecule has 0 spiro atoms. The first kappa shape index (κ1) is 23.8. The molecule has 178 valence electrons. The molecule has 0 N–H and O–H groups in total. The second kappa shape index (κ2) is 10.7. The Morgan fingerprint density at radius 3 is 2.85 bits per heavy atom. The van der Waals surface area contributed by atoms with Gasteiger partial charge in [0.2, 0.25) is 11.8 Å². The number of thiophene rings is 1. The molecule has 1 aromatic carbocycles. The lowest BCUT2D eigenvalue weighted by Crippen LogP contribution is -2.49. The van der Waals surface area contributed by atoms with Crippen molar-refractivity contribution in [2.24, 2.45) is 0 Å². The maximum absolute atomic E-state index is 13.5. The van der Waals surface area contributed by atoms with E-state index in [1.54, 1.807) is 16.2 Å². The summed E-state index contributed by atoms with van der Waals surface area (Å²) in [7, 11) is 0. The van der Waals surface area contributed by atoms with Crippen LogP contribution in [0.15, 0.2) is 29.6 Å². The van der Waals surface area contributed by atoms with Gasteiger partial charge < -0.3 is 19.3 Å². The third kappa shape index (κ3) is 5.58. The fourth-order valence-electron chi connectivity index (χ4n) is 4.77. The zero-order chi connectivity index (χ0) is 23.4. The van der Waals surface area contributed by atoms with Gasteiger partial charge in [0.1, 0.15) is 12.4 Å². The molecular weight excluding hydrogens is 436 g/mol. The molecule has 2 amide bonds. The topological polar surface area (TPSA) is 59.1 Å². The van der Waals surface area contributed by atoms with Crippen LogP contribution >= 0.6 is 11.3 Å². The van der Waals surface area contributed by atoms with Gasteiger partial charge in [0.05, 0.1) is 18.7 Å². The first-order valence-electron chi connectivity index (χ1n) is 11.9. The van der Waals surface area contributed by atoms with Gasteiger partial charge in [0, 0.05) is 31.0 Å². The zero-order valence-corrected chi connectivity index (χ0v) is 20.7. The lowest BCUT2D eigenvalue weighted by atomic mass is 10.00. The molecule has 1 aromatic heterocycles. The summed E-state index contributed by atoms with van der Waals surface area (Å²) in [5.41, 5.74) is 3.45. The molecule has 2 aliphatic rings. The SMILES string of the molecule is CCC(=O)N(CC(=O)N1CCc2sccc2[C@@H]1COc1ccc(C)cc1C)C[C@H]1CCCO1. The van der Waals surface area contributed by atoms with Gasteiger partial charge in [0.25, 0.3) is 0 Å². The number of carbonyl (C=O) groups is 2. The summed E-state index contributed by atoms with van der Waals surface area (Å²) in [4.78, 5) is 31.0. The third-order valence-corrected chi connectivity index (χ3v) is 7.57. The van der Waals surface area contributed by atoms with Crippen LogP contribution in [0.3, 0.4) is 0 Å². The Morgan fingerprint density at radius 2 is 2.12 bits per heavy atom. The number of carbonyl (C=O) groups excluding carboxylic acids is 2. The first-order chi connectivity index (χ1) is 16.0. The van der Waals surface area contributed by atoms with Crippen LogP contribution < -0.4 is 4.74 Å². The van der Waals surface area contributed by atoms with E-state index in [4.69, 9.17) is 9.47 Å². The highest BCUT2D eigenvalue weighted by Crippen LogP contribution is 2.34. The van der Waals surface area contributed by atoms with Crippen LogP contribution in [0, 0.1) is 13.8 Å². The van der Waals surface area contributed by atoms with Gasteiger partial charge in [-0.2, -0.15) is 0 Å². The molecule has 6 nitrogen and oxygen atoms in total. The molecule has 1 saturated heterocycles. The molecule has 2 atom stereocenters. The number of benzene rings is 1. The molecule has 2 aliphatic heterocycles. The van der Waals surface area contributed by atoms with E-state index >= 15 is 0 Å². The Bertz CT molecular complexity index is 982. The summed E-state index contributed by atoms with van der Waals surface area (Å²) in [6.45, 7) is 8.30. The van der Waals surface area contributed by atoms with E-state index in [0.717, 1.165) is 42.7 Å². The fraction of sp³-hybridized carbons (Fsp3) is 0.538. The molecular formula is C26H34N2O4S. The number of hydrogen-bond donors (Lipinski definition) is 0. The normalized spacial score (nSPS) is 19.9. The van der Waals surface area contributed by atoms with Gasteiger partial charge >= 0.3 is 0 Å². The Balaban J connectivity index is 1.49. The summed E-state index contributed by atoms with van der Waals surface area (Å²) in [5.74, 6) is 0.813. The van der Waals surface area contributed by atoms with E-state index < -0.39 is 0 Å². The van der Waals surface area contributed by atoms with Crippen molar-refractivity contribution in [1.29, 1.82) is 0 Å². The summed E-state index contributed by atoms with van der Waals surface area (Å²) in [6.07, 6.45) is 3.20. The molecule has 0 unspecified atom stereocenters. The van der Waals surface area contributed by atoms with Crippen LogP contribution in [0.4, 0.5) is 0 Å². The summed E-state index contributed by atoms with van der Waals surface area (Å²) in [5, 5.41) is 2.09. The van der Waals surface area contributed by atoms with E-state index in [2.05, 4.69) is 24.4 Å². The molecule has 0 bridgehead atoms. The molecule has 7 heteroatoms. The number of fused-ring (bicyclic) bond motifs is 1. The van der Waals surface area contributed by atoms with Crippen molar-refractivity contribution in [2.75, 3.05) is 32.8 Å². The molecule has 4 rings (SSSR count). The molecule has 33 heavy (non-hydrogen) atoms. The molecule has 1 fully saturated rings.